The first-order valence-electron chi connectivity index (χ1n) is 9.66. The van der Waals surface area contributed by atoms with Gasteiger partial charge in [-0.15, -0.1) is 0 Å². The number of hydrazone groups is 1. The summed E-state index contributed by atoms with van der Waals surface area (Å²) in [6, 6.07) is 19.6. The third-order valence-electron chi connectivity index (χ3n) is 4.61. The largest absolute Gasteiger partial charge is 0.508 e. The average molecular weight is 467 g/mol. The first kappa shape index (κ1) is 21.7. The summed E-state index contributed by atoms with van der Waals surface area (Å²) in [5.41, 5.74) is 5.71. The molecular formula is C23H19ClN4O3S. The maximum absolute atomic E-state index is 12.3. The summed E-state index contributed by atoms with van der Waals surface area (Å²) >= 11 is 7.31. The number of amides is 1. The zero-order valence-electron chi connectivity index (χ0n) is 16.8. The molecule has 1 aromatic heterocycles. The molecule has 32 heavy (non-hydrogen) atoms. The van der Waals surface area contributed by atoms with Crippen LogP contribution in [0.1, 0.15) is 11.1 Å². The molecular weight excluding hydrogens is 448 g/mol. The van der Waals surface area contributed by atoms with Crippen LogP contribution >= 0.6 is 23.4 Å². The second-order valence-corrected chi connectivity index (χ2v) is 8.30. The number of fused-ring (bicyclic) bond motifs is 1. The SMILES string of the molecule is O=C(CSc1nc2ccccc2n1Cc1ccc(Cl)cc1)NN=Cc1ccc(O)cc1O. The Hall–Kier alpha value is -3.49. The Kier molecular flexibility index (Phi) is 6.63. The van der Waals surface area contributed by atoms with Gasteiger partial charge in [0, 0.05) is 16.7 Å². The lowest BCUT2D eigenvalue weighted by molar-refractivity contribution is -0.118. The molecule has 4 rings (SSSR count). The van der Waals surface area contributed by atoms with Gasteiger partial charge in [-0.1, -0.05) is 47.6 Å². The van der Waals surface area contributed by atoms with Crippen molar-refractivity contribution in [1.82, 2.24) is 15.0 Å². The average Bonchev–Trinajstić information content (AvgIpc) is 3.13. The van der Waals surface area contributed by atoms with E-state index in [9.17, 15) is 15.0 Å². The highest BCUT2D eigenvalue weighted by atomic mass is 35.5. The molecule has 0 fully saturated rings. The number of phenols is 2. The Morgan fingerprint density at radius 3 is 2.69 bits per heavy atom. The van der Waals surface area contributed by atoms with E-state index in [2.05, 4.69) is 20.1 Å². The number of aromatic hydroxyl groups is 2. The number of halogens is 1. The minimum atomic E-state index is -0.311. The molecule has 0 aliphatic heterocycles. The molecule has 162 valence electrons. The zero-order valence-corrected chi connectivity index (χ0v) is 18.3. The second kappa shape index (κ2) is 9.76. The van der Waals surface area contributed by atoms with Crippen molar-refractivity contribution in [3.63, 3.8) is 0 Å². The van der Waals surface area contributed by atoms with Crippen LogP contribution in [0.15, 0.2) is 77.0 Å². The van der Waals surface area contributed by atoms with Gasteiger partial charge >= 0.3 is 0 Å². The molecule has 0 bridgehead atoms. The Bertz CT molecular complexity index is 1290. The number of hydrogen-bond acceptors (Lipinski definition) is 6. The van der Waals surface area contributed by atoms with Crippen LogP contribution in [-0.2, 0) is 11.3 Å². The summed E-state index contributed by atoms with van der Waals surface area (Å²) < 4.78 is 2.06. The van der Waals surface area contributed by atoms with Crippen LogP contribution in [-0.4, -0.2) is 37.6 Å². The van der Waals surface area contributed by atoms with E-state index in [-0.39, 0.29) is 23.2 Å². The second-order valence-electron chi connectivity index (χ2n) is 6.92. The van der Waals surface area contributed by atoms with Gasteiger partial charge in [0.05, 0.1) is 29.5 Å². The lowest BCUT2D eigenvalue weighted by Crippen LogP contribution is -2.20. The molecule has 0 aliphatic rings. The van der Waals surface area contributed by atoms with Crippen LogP contribution in [0.2, 0.25) is 5.02 Å². The van der Waals surface area contributed by atoms with Crippen molar-refractivity contribution in [3.05, 3.63) is 82.9 Å². The summed E-state index contributed by atoms with van der Waals surface area (Å²) in [6.07, 6.45) is 1.31. The molecule has 3 N–H and O–H groups in total. The monoisotopic (exact) mass is 466 g/mol. The number of imidazole rings is 1. The molecule has 0 unspecified atom stereocenters. The van der Waals surface area contributed by atoms with E-state index in [1.54, 1.807) is 0 Å². The highest BCUT2D eigenvalue weighted by Gasteiger charge is 2.13. The number of hydrogen-bond donors (Lipinski definition) is 3. The predicted molar refractivity (Wildman–Crippen MR) is 127 cm³/mol. The van der Waals surface area contributed by atoms with Crippen molar-refractivity contribution in [2.75, 3.05) is 5.75 Å². The summed E-state index contributed by atoms with van der Waals surface area (Å²) in [4.78, 5) is 16.9. The smallest absolute Gasteiger partial charge is 0.250 e. The van der Waals surface area contributed by atoms with E-state index in [4.69, 9.17) is 11.6 Å². The molecule has 3 aromatic carbocycles. The fraction of sp³-hybridized carbons (Fsp3) is 0.0870. The van der Waals surface area contributed by atoms with Crippen molar-refractivity contribution in [3.8, 4) is 11.5 Å². The first-order chi connectivity index (χ1) is 15.5. The number of rotatable bonds is 7. The number of nitrogens with one attached hydrogen (secondary N) is 1. The van der Waals surface area contributed by atoms with Crippen molar-refractivity contribution in [2.24, 2.45) is 5.10 Å². The maximum atomic E-state index is 12.3. The summed E-state index contributed by atoms with van der Waals surface area (Å²) in [7, 11) is 0. The molecule has 0 radical (unpaired) electrons. The lowest BCUT2D eigenvalue weighted by atomic mass is 10.2. The first-order valence-corrected chi connectivity index (χ1v) is 11.0. The third-order valence-corrected chi connectivity index (χ3v) is 5.84. The molecule has 9 heteroatoms. The predicted octanol–water partition coefficient (Wildman–Crippen LogP) is 4.39. The number of thioether (sulfide) groups is 1. The number of carbonyl (C=O) groups is 1. The molecule has 0 saturated heterocycles. The van der Waals surface area contributed by atoms with E-state index in [1.165, 1.54) is 36.2 Å². The Labute approximate surface area is 193 Å². The van der Waals surface area contributed by atoms with Crippen LogP contribution in [0.5, 0.6) is 11.5 Å². The van der Waals surface area contributed by atoms with E-state index in [1.807, 2.05) is 48.5 Å². The lowest BCUT2D eigenvalue weighted by Gasteiger charge is -2.09. The van der Waals surface area contributed by atoms with Gasteiger partial charge < -0.3 is 14.8 Å². The van der Waals surface area contributed by atoms with E-state index >= 15 is 0 Å². The molecule has 4 aromatic rings. The number of nitrogens with zero attached hydrogens (tertiary/aromatic N) is 3. The van der Waals surface area contributed by atoms with Crippen LogP contribution in [0.4, 0.5) is 0 Å². The third kappa shape index (κ3) is 5.22. The number of phenolic OH excluding ortho intramolecular Hbond substituents is 2. The Morgan fingerprint density at radius 1 is 1.12 bits per heavy atom. The molecule has 1 amide bonds. The maximum Gasteiger partial charge on any atom is 0.250 e. The van der Waals surface area contributed by atoms with E-state index in [0.29, 0.717) is 17.1 Å². The fourth-order valence-electron chi connectivity index (χ4n) is 3.07. The fourth-order valence-corrected chi connectivity index (χ4v) is 4.00. The molecule has 0 atom stereocenters. The van der Waals surface area contributed by atoms with Crippen LogP contribution in [0.25, 0.3) is 11.0 Å². The minimum absolute atomic E-state index is 0.0541. The van der Waals surface area contributed by atoms with Crippen LogP contribution < -0.4 is 5.43 Å². The Morgan fingerprint density at radius 2 is 1.91 bits per heavy atom. The highest BCUT2D eigenvalue weighted by molar-refractivity contribution is 7.99. The molecule has 0 saturated carbocycles. The summed E-state index contributed by atoms with van der Waals surface area (Å²) in [5, 5.41) is 24.3. The van der Waals surface area contributed by atoms with Gasteiger partial charge in [-0.2, -0.15) is 5.10 Å². The minimum Gasteiger partial charge on any atom is -0.508 e. The molecule has 7 nitrogen and oxygen atoms in total. The van der Waals surface area contributed by atoms with E-state index < -0.39 is 0 Å². The van der Waals surface area contributed by atoms with Gasteiger partial charge in [0.2, 0.25) is 0 Å². The van der Waals surface area contributed by atoms with Gasteiger partial charge in [0.25, 0.3) is 5.91 Å². The van der Waals surface area contributed by atoms with Gasteiger partial charge in [0.1, 0.15) is 11.5 Å². The quantitative estimate of drug-likeness (QED) is 0.213. The standard InChI is InChI=1S/C23H19ClN4O3S/c24-17-8-5-15(6-9-17)13-28-20-4-2-1-3-19(20)26-23(28)32-14-22(31)27-25-12-16-7-10-18(29)11-21(16)30/h1-12,29-30H,13-14H2,(H,27,31). The molecule has 1 heterocycles. The van der Waals surface area contributed by atoms with Gasteiger partial charge in [-0.3, -0.25) is 4.79 Å². The number of benzene rings is 3. The molecule has 0 aliphatic carbocycles. The highest BCUT2D eigenvalue weighted by Crippen LogP contribution is 2.25. The summed E-state index contributed by atoms with van der Waals surface area (Å²) in [6.45, 7) is 0.597. The van der Waals surface area contributed by atoms with Gasteiger partial charge in [-0.25, -0.2) is 10.4 Å². The van der Waals surface area contributed by atoms with Crippen molar-refractivity contribution in [2.45, 2.75) is 11.7 Å². The van der Waals surface area contributed by atoms with Crippen molar-refractivity contribution < 1.29 is 15.0 Å². The normalized spacial score (nSPS) is 11.3. The number of aromatic nitrogens is 2. The summed E-state index contributed by atoms with van der Waals surface area (Å²) in [5.74, 6) is -0.382. The van der Waals surface area contributed by atoms with E-state index in [0.717, 1.165) is 21.8 Å². The van der Waals surface area contributed by atoms with Crippen molar-refractivity contribution >= 4 is 46.5 Å². The zero-order chi connectivity index (χ0) is 22.5. The topological polar surface area (TPSA) is 99.7 Å². The van der Waals surface area contributed by atoms with Gasteiger partial charge in [-0.05, 0) is 42.0 Å². The number of carbonyl (C=O) groups excluding carboxylic acids is 1. The number of para-hydroxylation sites is 2. The van der Waals surface area contributed by atoms with Gasteiger partial charge in [0.15, 0.2) is 5.16 Å². The van der Waals surface area contributed by atoms with Crippen LogP contribution in [0.3, 0.4) is 0 Å². The van der Waals surface area contributed by atoms with Crippen LogP contribution in [0, 0.1) is 0 Å². The van der Waals surface area contributed by atoms with Crippen molar-refractivity contribution in [1.29, 1.82) is 0 Å². The molecule has 0 spiro atoms. The Balaban J connectivity index is 1.44.